The molecule has 1 aromatic heterocycles. The Kier molecular flexibility index (Phi) is 5.62. The van der Waals surface area contributed by atoms with Crippen LogP contribution in [0.2, 0.25) is 0 Å². The van der Waals surface area contributed by atoms with Crippen molar-refractivity contribution in [2.24, 2.45) is 7.05 Å². The second-order valence-corrected chi connectivity index (χ2v) is 7.26. The quantitative estimate of drug-likeness (QED) is 0.491. The van der Waals surface area contributed by atoms with E-state index in [4.69, 9.17) is 0 Å². The summed E-state index contributed by atoms with van der Waals surface area (Å²) in [5, 5.41) is 10.3. The number of hydrogen-bond acceptors (Lipinski definition) is 3. The highest BCUT2D eigenvalue weighted by Gasteiger charge is 2.12. The molecule has 4 aromatic rings. The van der Waals surface area contributed by atoms with Crippen LogP contribution in [0.1, 0.15) is 26.3 Å². The molecule has 0 saturated carbocycles. The summed E-state index contributed by atoms with van der Waals surface area (Å²) in [6, 6.07) is 25.7. The van der Waals surface area contributed by atoms with Crippen molar-refractivity contribution in [1.29, 1.82) is 0 Å². The third-order valence-corrected chi connectivity index (χ3v) is 4.91. The molecule has 0 fully saturated rings. The number of aryl methyl sites for hydroxylation is 2. The molecule has 2 N–H and O–H groups in total. The van der Waals surface area contributed by atoms with E-state index in [1.807, 2.05) is 67.6 Å². The molecule has 0 unspecified atom stereocenters. The Labute approximate surface area is 180 Å². The number of aromatic nitrogens is 2. The van der Waals surface area contributed by atoms with Crippen LogP contribution in [0.25, 0.3) is 11.3 Å². The number of hydrogen-bond donors (Lipinski definition) is 2. The minimum atomic E-state index is -0.187. The van der Waals surface area contributed by atoms with Gasteiger partial charge in [-0.2, -0.15) is 5.10 Å². The summed E-state index contributed by atoms with van der Waals surface area (Å²) in [4.78, 5) is 24.8. The van der Waals surface area contributed by atoms with Gasteiger partial charge in [-0.05, 0) is 43.3 Å². The van der Waals surface area contributed by atoms with E-state index in [1.165, 1.54) is 0 Å². The first-order chi connectivity index (χ1) is 15.0. The van der Waals surface area contributed by atoms with E-state index in [1.54, 1.807) is 36.0 Å². The van der Waals surface area contributed by atoms with Crippen LogP contribution in [0.15, 0.2) is 84.9 Å². The first-order valence-corrected chi connectivity index (χ1v) is 9.88. The summed E-state index contributed by atoms with van der Waals surface area (Å²) in [7, 11) is 1.78. The fraction of sp³-hybridized carbons (Fsp3) is 0.0800. The smallest absolute Gasteiger partial charge is 0.256 e. The van der Waals surface area contributed by atoms with Crippen molar-refractivity contribution >= 4 is 23.3 Å². The van der Waals surface area contributed by atoms with Gasteiger partial charge in [0.2, 0.25) is 0 Å². The molecule has 6 heteroatoms. The van der Waals surface area contributed by atoms with E-state index < -0.39 is 0 Å². The molecule has 154 valence electrons. The highest BCUT2D eigenvalue weighted by atomic mass is 16.2. The van der Waals surface area contributed by atoms with Crippen molar-refractivity contribution in [3.05, 3.63) is 102 Å². The van der Waals surface area contributed by atoms with Gasteiger partial charge in [0.1, 0.15) is 5.82 Å². The third kappa shape index (κ3) is 4.70. The SMILES string of the molecule is Cc1ccc(C(=O)Nc2cc(-c3ccc(NC(=O)c4ccccc4)cc3)nn2C)cc1. The summed E-state index contributed by atoms with van der Waals surface area (Å²) in [6.45, 7) is 1.98. The maximum absolute atomic E-state index is 12.5. The summed E-state index contributed by atoms with van der Waals surface area (Å²) < 4.78 is 1.63. The zero-order valence-electron chi connectivity index (χ0n) is 17.3. The number of carbonyl (C=O) groups excluding carboxylic acids is 2. The summed E-state index contributed by atoms with van der Waals surface area (Å²) in [5.41, 5.74) is 4.59. The lowest BCUT2D eigenvalue weighted by atomic mass is 10.1. The van der Waals surface area contributed by atoms with Crippen LogP contribution >= 0.6 is 0 Å². The van der Waals surface area contributed by atoms with Crippen LogP contribution in [0.3, 0.4) is 0 Å². The molecule has 0 bridgehead atoms. The zero-order valence-corrected chi connectivity index (χ0v) is 17.3. The molecule has 31 heavy (non-hydrogen) atoms. The van der Waals surface area contributed by atoms with Crippen LogP contribution in [0.5, 0.6) is 0 Å². The van der Waals surface area contributed by atoms with Crippen molar-refractivity contribution < 1.29 is 9.59 Å². The normalized spacial score (nSPS) is 10.5. The van der Waals surface area contributed by atoms with Gasteiger partial charge in [0.25, 0.3) is 11.8 Å². The lowest BCUT2D eigenvalue weighted by molar-refractivity contribution is 0.101. The average molecular weight is 410 g/mol. The molecule has 0 aliphatic heterocycles. The lowest BCUT2D eigenvalue weighted by Crippen LogP contribution is -2.14. The molecule has 6 nitrogen and oxygen atoms in total. The van der Waals surface area contributed by atoms with Crippen LogP contribution in [0, 0.1) is 6.92 Å². The Balaban J connectivity index is 1.46. The number of carbonyl (C=O) groups is 2. The highest BCUT2D eigenvalue weighted by Crippen LogP contribution is 2.24. The van der Waals surface area contributed by atoms with Gasteiger partial charge in [-0.25, -0.2) is 0 Å². The predicted octanol–water partition coefficient (Wildman–Crippen LogP) is 4.90. The number of rotatable bonds is 5. The van der Waals surface area contributed by atoms with E-state index >= 15 is 0 Å². The topological polar surface area (TPSA) is 76.0 Å². The fourth-order valence-electron chi connectivity index (χ4n) is 3.14. The van der Waals surface area contributed by atoms with Gasteiger partial charge in [-0.1, -0.05) is 48.0 Å². The molecule has 4 rings (SSSR count). The summed E-state index contributed by atoms with van der Waals surface area (Å²) in [5.74, 6) is 0.253. The fourth-order valence-corrected chi connectivity index (χ4v) is 3.14. The first-order valence-electron chi connectivity index (χ1n) is 9.88. The van der Waals surface area contributed by atoms with Gasteiger partial charge in [0, 0.05) is 35.5 Å². The third-order valence-electron chi connectivity index (χ3n) is 4.91. The maximum atomic E-state index is 12.5. The van der Waals surface area contributed by atoms with Crippen molar-refractivity contribution in [2.75, 3.05) is 10.6 Å². The number of nitrogens with zero attached hydrogens (tertiary/aromatic N) is 2. The Bertz CT molecular complexity index is 1210. The minimum absolute atomic E-state index is 0.160. The molecule has 3 aromatic carbocycles. The zero-order chi connectivity index (χ0) is 21.8. The van der Waals surface area contributed by atoms with Gasteiger partial charge in [0.15, 0.2) is 0 Å². The van der Waals surface area contributed by atoms with Crippen LogP contribution in [-0.2, 0) is 7.05 Å². The molecule has 2 amide bonds. The van der Waals surface area contributed by atoms with Gasteiger partial charge in [-0.15, -0.1) is 0 Å². The average Bonchev–Trinajstić information content (AvgIpc) is 3.15. The largest absolute Gasteiger partial charge is 0.322 e. The second-order valence-electron chi connectivity index (χ2n) is 7.26. The highest BCUT2D eigenvalue weighted by molar-refractivity contribution is 6.05. The molecule has 0 aliphatic carbocycles. The van der Waals surface area contributed by atoms with Crippen LogP contribution < -0.4 is 10.6 Å². The Morgan fingerprint density at radius 2 is 1.39 bits per heavy atom. The summed E-state index contributed by atoms with van der Waals surface area (Å²) >= 11 is 0. The number of benzene rings is 3. The van der Waals surface area contributed by atoms with E-state index in [9.17, 15) is 9.59 Å². The van der Waals surface area contributed by atoms with Gasteiger partial charge in [0.05, 0.1) is 5.69 Å². The van der Waals surface area contributed by atoms with Crippen LogP contribution in [0.4, 0.5) is 11.5 Å². The molecule has 0 radical (unpaired) electrons. The molecule has 0 saturated heterocycles. The van der Waals surface area contributed by atoms with Crippen molar-refractivity contribution in [2.45, 2.75) is 6.92 Å². The molecular formula is C25H22N4O2. The van der Waals surface area contributed by atoms with E-state index in [-0.39, 0.29) is 11.8 Å². The maximum Gasteiger partial charge on any atom is 0.256 e. The van der Waals surface area contributed by atoms with E-state index in [2.05, 4.69) is 15.7 Å². The summed E-state index contributed by atoms with van der Waals surface area (Å²) in [6.07, 6.45) is 0. The van der Waals surface area contributed by atoms with E-state index in [0.717, 1.165) is 16.8 Å². The van der Waals surface area contributed by atoms with Gasteiger partial charge in [-0.3, -0.25) is 14.3 Å². The molecule has 0 aliphatic rings. The molecule has 1 heterocycles. The minimum Gasteiger partial charge on any atom is -0.322 e. The van der Waals surface area contributed by atoms with Crippen LogP contribution in [-0.4, -0.2) is 21.6 Å². The van der Waals surface area contributed by atoms with Crippen molar-refractivity contribution in [1.82, 2.24) is 9.78 Å². The van der Waals surface area contributed by atoms with Crippen molar-refractivity contribution in [3.63, 3.8) is 0 Å². The Morgan fingerprint density at radius 3 is 2.06 bits per heavy atom. The van der Waals surface area contributed by atoms with Crippen molar-refractivity contribution in [3.8, 4) is 11.3 Å². The first kappa shape index (κ1) is 20.1. The Hall–Kier alpha value is -4.19. The standard InChI is InChI=1S/C25H22N4O2/c1-17-8-10-20(11-9-17)25(31)27-23-16-22(28-29(23)2)18-12-14-21(15-13-18)26-24(30)19-6-4-3-5-7-19/h3-16H,1-2H3,(H,26,30)(H,27,31). The number of anilines is 2. The van der Waals surface area contributed by atoms with Gasteiger partial charge < -0.3 is 10.6 Å². The van der Waals surface area contributed by atoms with E-state index in [0.29, 0.717) is 22.6 Å². The molecule has 0 spiro atoms. The lowest BCUT2D eigenvalue weighted by Gasteiger charge is -2.06. The molecular weight excluding hydrogens is 388 g/mol. The predicted molar refractivity (Wildman–Crippen MR) is 122 cm³/mol. The number of nitrogens with one attached hydrogen (secondary N) is 2. The monoisotopic (exact) mass is 410 g/mol. The number of amides is 2. The van der Waals surface area contributed by atoms with Gasteiger partial charge >= 0.3 is 0 Å². The second kappa shape index (κ2) is 8.67. The Morgan fingerprint density at radius 1 is 0.774 bits per heavy atom. The molecule has 0 atom stereocenters.